The predicted molar refractivity (Wildman–Crippen MR) is 491 cm³/mol. The van der Waals surface area contributed by atoms with Crippen LogP contribution in [0, 0.1) is 24.4 Å². The SMILES string of the molecule is COc1cc2ncc3c(c2cc1-c1cnn(C)c1)n(-c1cc2[nH]ccc2cn1)c(=O)n3C.COc1cc2ncc3c(c2cc1-c1cnn(C)c1)n(-c1ncc(Cl)cc1F)c(=O)n3C.COc1cc2ncc3c(c2cc1-c1cnn(C)c1)n(-c1ncc(N2CCCCC2)cc1F)c(=O)n3C.COc1cnc(-n2c(=O)n(C)c3cnc4cc(OC)c(-c5cn[nH]c5C)cc4c32)c(F)c1. The van der Waals surface area contributed by atoms with Crippen molar-refractivity contribution in [3.8, 4) is 96.5 Å². The van der Waals surface area contributed by atoms with Crippen LogP contribution in [0.15, 0.2) is 197 Å². The van der Waals surface area contributed by atoms with Crippen LogP contribution >= 0.6 is 11.6 Å². The number of pyridine rings is 8. The van der Waals surface area contributed by atoms with Crippen molar-refractivity contribution in [3.63, 3.8) is 0 Å². The second-order valence-electron chi connectivity index (χ2n) is 31.4. The van der Waals surface area contributed by atoms with Gasteiger partial charge in [-0.25, -0.2) is 70.6 Å². The number of aromatic nitrogens is 25. The molecular formula is C92H80ClF3N26O9. The van der Waals surface area contributed by atoms with Gasteiger partial charge in [0.1, 0.15) is 34.6 Å². The third kappa shape index (κ3) is 14.4. The van der Waals surface area contributed by atoms with Crippen LogP contribution in [0.5, 0.6) is 28.7 Å². The molecule has 1 saturated heterocycles. The van der Waals surface area contributed by atoms with Crippen LogP contribution in [-0.4, -0.2) is 170 Å². The molecule has 1 aliphatic rings. The molecule has 17 aromatic heterocycles. The maximum absolute atomic E-state index is 15.6. The lowest BCUT2D eigenvalue weighted by Crippen LogP contribution is -2.30. The Hall–Kier alpha value is -16.5. The highest BCUT2D eigenvalue weighted by Crippen LogP contribution is 2.43. The maximum atomic E-state index is 15.6. The molecule has 21 aromatic rings. The molecule has 18 heterocycles. The van der Waals surface area contributed by atoms with E-state index in [9.17, 15) is 28.0 Å². The van der Waals surface area contributed by atoms with Crippen LogP contribution in [0.1, 0.15) is 25.0 Å². The molecule has 1 aliphatic heterocycles. The minimum absolute atomic E-state index is 0.0300. The maximum Gasteiger partial charge on any atom is 0.334 e. The second-order valence-corrected chi connectivity index (χ2v) is 31.8. The molecule has 0 atom stereocenters. The van der Waals surface area contributed by atoms with Gasteiger partial charge in [-0.3, -0.25) is 57.3 Å². The first kappa shape index (κ1) is 84.0. The third-order valence-corrected chi connectivity index (χ3v) is 23.8. The molecule has 0 bridgehead atoms. The van der Waals surface area contributed by atoms with Gasteiger partial charge in [-0.1, -0.05) is 11.6 Å². The number of rotatable bonds is 14. The predicted octanol–water partition coefficient (Wildman–Crippen LogP) is 13.6. The molecule has 660 valence electrons. The Labute approximate surface area is 743 Å². The van der Waals surface area contributed by atoms with Gasteiger partial charge >= 0.3 is 22.8 Å². The van der Waals surface area contributed by atoms with E-state index in [1.165, 1.54) is 65.5 Å². The van der Waals surface area contributed by atoms with Crippen LogP contribution in [0.25, 0.3) is 166 Å². The van der Waals surface area contributed by atoms with Crippen LogP contribution < -0.4 is 51.3 Å². The lowest BCUT2D eigenvalue weighted by atomic mass is 10.0. The Balaban J connectivity index is 0.000000113. The summed E-state index contributed by atoms with van der Waals surface area (Å²) in [5.41, 5.74) is 14.9. The highest BCUT2D eigenvalue weighted by molar-refractivity contribution is 6.30. The van der Waals surface area contributed by atoms with Crippen molar-refractivity contribution >= 4 is 116 Å². The molecule has 39 heteroatoms. The summed E-state index contributed by atoms with van der Waals surface area (Å²) >= 11 is 5.86. The van der Waals surface area contributed by atoms with Crippen molar-refractivity contribution in [2.45, 2.75) is 26.2 Å². The molecule has 0 unspecified atom stereocenters. The number of nitrogens with one attached hydrogen (secondary N) is 2. The average Bonchev–Trinajstić information content (AvgIpc) is 1.58. The summed E-state index contributed by atoms with van der Waals surface area (Å²) in [5.74, 6) is 1.12. The fourth-order valence-corrected chi connectivity index (χ4v) is 17.1. The monoisotopic (exact) mass is 1780 g/mol. The topological polar surface area (TPSA) is 358 Å². The average molecular weight is 1790 g/mol. The Morgan fingerprint density at radius 2 is 0.786 bits per heavy atom. The largest absolute Gasteiger partial charge is 0.496 e. The highest BCUT2D eigenvalue weighted by Gasteiger charge is 2.29. The fourth-order valence-electron chi connectivity index (χ4n) is 17.0. The van der Waals surface area contributed by atoms with E-state index in [1.54, 1.807) is 154 Å². The first-order chi connectivity index (χ1) is 63.3. The molecule has 0 spiro atoms. The second kappa shape index (κ2) is 33.3. The van der Waals surface area contributed by atoms with Gasteiger partial charge in [-0.15, -0.1) is 0 Å². The zero-order chi connectivity index (χ0) is 91.4. The zero-order valence-corrected chi connectivity index (χ0v) is 73.5. The smallest absolute Gasteiger partial charge is 0.334 e. The van der Waals surface area contributed by atoms with Gasteiger partial charge in [0.05, 0.1) is 180 Å². The Kier molecular flexibility index (Phi) is 21.4. The van der Waals surface area contributed by atoms with E-state index >= 15 is 4.39 Å². The molecule has 22 rings (SSSR count). The number of benzene rings is 4. The number of methoxy groups -OCH3 is 5. The number of hydrogen-bond donors (Lipinski definition) is 2. The minimum atomic E-state index is -0.701. The van der Waals surface area contributed by atoms with Crippen LogP contribution in [0.2, 0.25) is 5.02 Å². The summed E-state index contributed by atoms with van der Waals surface area (Å²) in [7, 11) is 19.9. The molecule has 0 radical (unpaired) electrons. The van der Waals surface area contributed by atoms with E-state index in [2.05, 4.69) is 75.2 Å². The number of nitrogens with zero attached hydrogens (tertiary/aromatic N) is 24. The standard InChI is InChI=1S/C26H26FN7O2.C23H19N7O2.C22H19FN6O3.C21H16ClFN6O2/c1-31-15-16(12-30-31)18-10-19-21(11-23(18)36-3)28-14-22-24(19)34(26(35)32(22)2)25-20(27)9-17(13-29-25)33-7-5-4-6-8-33;1-28-12-14(10-27-28)15-6-16-18(7-20(15)32-3)25-11-19-22(16)30(23(31)29(19)2)21-8-17-13(9-26-21)4-5-24-17;1-11-15(9-26-27-11)13-6-14-17(7-19(13)32-4)24-10-18-20(14)29(22(30)28(18)2)21-16(23)5-12(31-3)8-25-21;1-27-10-11(7-26-27)13-5-14-16(6-18(13)31-3)24-9-17-19(14)29(21(30)28(17)2)20-15(23)4-12(22)8-25-20/h9-15H,4-8H2,1-3H3;4-12,24H,1-3H3;5-10H,1-4H3,(H,26,27);4-10H,1-3H3. The van der Waals surface area contributed by atoms with Crippen molar-refractivity contribution in [1.82, 2.24) is 121 Å². The molecule has 35 nitrogen and oxygen atoms in total. The fraction of sp³-hybridized carbons (Fsp3) is 0.196. The molecule has 131 heavy (non-hydrogen) atoms. The first-order valence-electron chi connectivity index (χ1n) is 41.0. The van der Waals surface area contributed by atoms with Gasteiger partial charge in [0.15, 0.2) is 34.9 Å². The van der Waals surface area contributed by atoms with Crippen molar-refractivity contribution in [2.24, 2.45) is 49.3 Å². The molecule has 0 aliphatic carbocycles. The number of fused-ring (bicyclic) bond motifs is 13. The number of imidazole rings is 4. The van der Waals surface area contributed by atoms with Crippen LogP contribution in [0.4, 0.5) is 18.9 Å². The third-order valence-electron chi connectivity index (χ3n) is 23.6. The molecule has 0 amide bonds. The Bertz CT molecular complexity index is 8460. The van der Waals surface area contributed by atoms with Gasteiger partial charge in [0, 0.05) is 219 Å². The summed E-state index contributed by atoms with van der Waals surface area (Å²) in [6.45, 7) is 3.66. The van der Waals surface area contributed by atoms with Crippen LogP contribution in [-0.2, 0) is 49.3 Å². The Morgan fingerprint density at radius 3 is 1.18 bits per heavy atom. The van der Waals surface area contributed by atoms with Crippen molar-refractivity contribution in [1.29, 1.82) is 0 Å². The van der Waals surface area contributed by atoms with E-state index in [0.29, 0.717) is 94.6 Å². The van der Waals surface area contributed by atoms with Crippen molar-refractivity contribution < 1.29 is 36.9 Å². The number of anilines is 1. The van der Waals surface area contributed by atoms with E-state index < -0.39 is 34.5 Å². The summed E-state index contributed by atoms with van der Waals surface area (Å²) in [6, 6.07) is 22.6. The lowest BCUT2D eigenvalue weighted by molar-refractivity contribution is 0.408. The number of ether oxygens (including phenoxy) is 5. The van der Waals surface area contributed by atoms with Gasteiger partial charge < -0.3 is 33.6 Å². The Morgan fingerprint density at radius 1 is 0.389 bits per heavy atom. The van der Waals surface area contributed by atoms with E-state index in [4.69, 9.17) is 35.3 Å². The number of H-pyrrole nitrogens is 2. The van der Waals surface area contributed by atoms with Gasteiger partial charge in [0.2, 0.25) is 0 Å². The first-order valence-corrected chi connectivity index (χ1v) is 41.4. The van der Waals surface area contributed by atoms with Crippen molar-refractivity contribution in [3.05, 3.63) is 248 Å². The summed E-state index contributed by atoms with van der Waals surface area (Å²) < 4.78 is 89.3. The number of halogens is 4. The molecule has 1 fully saturated rings. The number of aryl methyl sites for hydroxylation is 8. The summed E-state index contributed by atoms with van der Waals surface area (Å²) in [5, 5.41) is 23.7. The molecule has 2 N–H and O–H groups in total. The van der Waals surface area contributed by atoms with Crippen molar-refractivity contribution in [2.75, 3.05) is 53.5 Å². The summed E-state index contributed by atoms with van der Waals surface area (Å²) in [4.78, 5) is 93.7. The highest BCUT2D eigenvalue weighted by atomic mass is 35.5. The molecule has 4 aromatic carbocycles. The number of aromatic amines is 2. The van der Waals surface area contributed by atoms with Gasteiger partial charge in [0.25, 0.3) is 0 Å². The van der Waals surface area contributed by atoms with E-state index in [-0.39, 0.29) is 33.9 Å². The zero-order valence-electron chi connectivity index (χ0n) is 72.7. The quantitative estimate of drug-likeness (QED) is 0.102. The minimum Gasteiger partial charge on any atom is -0.496 e. The van der Waals surface area contributed by atoms with E-state index in [1.807, 2.05) is 101 Å². The van der Waals surface area contributed by atoms with Gasteiger partial charge in [-0.2, -0.15) is 20.4 Å². The van der Waals surface area contributed by atoms with Gasteiger partial charge in [-0.05, 0) is 62.6 Å². The molecular weight excluding hydrogens is 1710 g/mol. The normalized spacial score (nSPS) is 12.3. The molecule has 0 saturated carbocycles. The number of piperidine rings is 1. The van der Waals surface area contributed by atoms with E-state index in [0.717, 1.165) is 121 Å². The lowest BCUT2D eigenvalue weighted by Gasteiger charge is -2.28. The number of hydrogen-bond acceptors (Lipinski definition) is 22. The van der Waals surface area contributed by atoms with Crippen LogP contribution in [0.3, 0.4) is 0 Å². The summed E-state index contributed by atoms with van der Waals surface area (Å²) in [6.07, 6.45) is 30.4.